The zero-order valence-electron chi connectivity index (χ0n) is 34.5. The SMILES string of the molecule is c1ccc(N(c2ccccc2)c2ccc3c(c2)N(c2ccccc2)c2cc(N(c4ccccc4)c4ccccc4)cc4c2B3c2c(ccc3ccccc23)N4c2ccccc2)cc1. The zero-order chi connectivity index (χ0) is 41.7. The predicted octanol–water partition coefficient (Wildman–Crippen LogP) is 13.9. The third-order valence-corrected chi connectivity index (χ3v) is 12.5. The molecule has 0 bridgehead atoms. The minimum Gasteiger partial charge on any atom is -0.311 e. The molecule has 5 heteroatoms. The number of para-hydroxylation sites is 6. The van der Waals surface area contributed by atoms with Crippen molar-refractivity contribution in [2.24, 2.45) is 0 Å². The van der Waals surface area contributed by atoms with Crippen LogP contribution in [0.3, 0.4) is 0 Å². The molecule has 0 fully saturated rings. The Bertz CT molecular complexity index is 3160. The van der Waals surface area contributed by atoms with Gasteiger partial charge in [0.15, 0.2) is 0 Å². The monoisotopic (exact) mass is 804 g/mol. The predicted molar refractivity (Wildman–Crippen MR) is 267 cm³/mol. The molecule has 0 unspecified atom stereocenters. The largest absolute Gasteiger partial charge is 0.311 e. The van der Waals surface area contributed by atoms with E-state index in [0.29, 0.717) is 0 Å². The van der Waals surface area contributed by atoms with Gasteiger partial charge in [0.05, 0.1) is 5.69 Å². The van der Waals surface area contributed by atoms with Crippen LogP contribution in [0.4, 0.5) is 68.2 Å². The van der Waals surface area contributed by atoms with Crippen LogP contribution in [-0.4, -0.2) is 6.71 Å². The minimum atomic E-state index is -0.0714. The lowest BCUT2D eigenvalue weighted by molar-refractivity contribution is 1.22. The first-order valence-electron chi connectivity index (χ1n) is 21.6. The molecule has 0 aromatic heterocycles. The maximum absolute atomic E-state index is 2.51. The summed E-state index contributed by atoms with van der Waals surface area (Å²) in [4.78, 5) is 9.78. The highest BCUT2D eigenvalue weighted by atomic mass is 15.2. The zero-order valence-corrected chi connectivity index (χ0v) is 34.5. The molecule has 10 aromatic carbocycles. The average molecular weight is 805 g/mol. The average Bonchev–Trinajstić information content (AvgIpc) is 3.36. The van der Waals surface area contributed by atoms with Crippen LogP contribution in [0.5, 0.6) is 0 Å². The molecule has 2 heterocycles. The van der Waals surface area contributed by atoms with Gasteiger partial charge in [-0.3, -0.25) is 0 Å². The normalized spacial score (nSPS) is 12.3. The fourth-order valence-electron chi connectivity index (χ4n) is 9.92. The van der Waals surface area contributed by atoms with E-state index in [1.165, 1.54) is 32.8 Å². The molecule has 4 nitrogen and oxygen atoms in total. The molecule has 0 radical (unpaired) electrons. The van der Waals surface area contributed by atoms with E-state index in [1.54, 1.807) is 0 Å². The Balaban J connectivity index is 1.21. The Hall–Kier alpha value is -8.28. The van der Waals surface area contributed by atoms with Gasteiger partial charge < -0.3 is 19.6 Å². The Labute approximate surface area is 368 Å². The van der Waals surface area contributed by atoms with E-state index in [0.717, 1.165) is 62.6 Å². The lowest BCUT2D eigenvalue weighted by Crippen LogP contribution is -2.61. The van der Waals surface area contributed by atoms with Gasteiger partial charge in [-0.15, -0.1) is 0 Å². The summed E-state index contributed by atoms with van der Waals surface area (Å²) in [5, 5.41) is 2.49. The van der Waals surface area contributed by atoms with Gasteiger partial charge in [0, 0.05) is 62.6 Å². The third kappa shape index (κ3) is 6.16. The number of hydrogen-bond acceptors (Lipinski definition) is 4. The number of anilines is 12. The number of rotatable bonds is 8. The molecule has 2 aliphatic heterocycles. The lowest BCUT2D eigenvalue weighted by atomic mass is 9.33. The fraction of sp³-hybridized carbons (Fsp3) is 0. The summed E-state index contributed by atoms with van der Waals surface area (Å²) >= 11 is 0. The Morgan fingerprint density at radius 2 is 0.698 bits per heavy atom. The minimum absolute atomic E-state index is 0.0714. The first kappa shape index (κ1) is 36.6. The molecular weight excluding hydrogens is 763 g/mol. The highest BCUT2D eigenvalue weighted by molar-refractivity contribution is 7.01. The molecular formula is C58H41BN4. The molecule has 0 N–H and O–H groups in total. The highest BCUT2D eigenvalue weighted by Crippen LogP contribution is 2.49. The molecule has 2 aliphatic rings. The summed E-state index contributed by atoms with van der Waals surface area (Å²) in [6.07, 6.45) is 0. The second-order valence-corrected chi connectivity index (χ2v) is 16.1. The number of benzene rings is 10. The molecule has 0 aliphatic carbocycles. The van der Waals surface area contributed by atoms with Gasteiger partial charge in [0.1, 0.15) is 0 Å². The van der Waals surface area contributed by atoms with Gasteiger partial charge in [-0.2, -0.15) is 0 Å². The fourth-order valence-corrected chi connectivity index (χ4v) is 9.92. The van der Waals surface area contributed by atoms with Crippen molar-refractivity contribution in [2.75, 3.05) is 19.6 Å². The van der Waals surface area contributed by atoms with Crippen LogP contribution in [0.15, 0.2) is 249 Å². The smallest absolute Gasteiger partial charge is 0.252 e. The molecule has 0 atom stereocenters. The molecule has 0 saturated carbocycles. The van der Waals surface area contributed by atoms with Crippen molar-refractivity contribution in [1.29, 1.82) is 0 Å². The van der Waals surface area contributed by atoms with Crippen LogP contribution in [0.2, 0.25) is 0 Å². The Morgan fingerprint density at radius 3 is 1.21 bits per heavy atom. The summed E-state index contributed by atoms with van der Waals surface area (Å²) < 4.78 is 0. The van der Waals surface area contributed by atoms with Crippen LogP contribution in [0, 0.1) is 0 Å². The Morgan fingerprint density at radius 1 is 0.286 bits per heavy atom. The maximum Gasteiger partial charge on any atom is 0.252 e. The van der Waals surface area contributed by atoms with E-state index in [2.05, 4.69) is 268 Å². The van der Waals surface area contributed by atoms with Crippen LogP contribution in [0.1, 0.15) is 0 Å². The molecule has 0 spiro atoms. The second kappa shape index (κ2) is 15.3. The van der Waals surface area contributed by atoms with Crippen molar-refractivity contribution in [2.45, 2.75) is 0 Å². The van der Waals surface area contributed by atoms with Crippen molar-refractivity contribution in [3.8, 4) is 0 Å². The van der Waals surface area contributed by atoms with Gasteiger partial charge in [-0.25, -0.2) is 0 Å². The van der Waals surface area contributed by atoms with Crippen LogP contribution >= 0.6 is 0 Å². The number of hydrogen-bond donors (Lipinski definition) is 0. The molecule has 0 saturated heterocycles. The van der Waals surface area contributed by atoms with E-state index in [-0.39, 0.29) is 6.71 Å². The second-order valence-electron chi connectivity index (χ2n) is 16.1. The topological polar surface area (TPSA) is 13.0 Å². The van der Waals surface area contributed by atoms with E-state index < -0.39 is 0 Å². The van der Waals surface area contributed by atoms with Crippen molar-refractivity contribution in [1.82, 2.24) is 0 Å². The van der Waals surface area contributed by atoms with Crippen molar-refractivity contribution in [3.63, 3.8) is 0 Å². The van der Waals surface area contributed by atoms with Gasteiger partial charge in [-0.1, -0.05) is 146 Å². The van der Waals surface area contributed by atoms with Crippen molar-refractivity contribution in [3.05, 3.63) is 249 Å². The highest BCUT2D eigenvalue weighted by Gasteiger charge is 2.45. The molecule has 12 rings (SSSR count). The first-order chi connectivity index (χ1) is 31.3. The standard InChI is InChI=1S/C58H41BN4/c1-7-22-43(23-8-1)60(44-24-9-2-10-25-44)49-36-37-52-54(39-49)63(48-32-17-6-18-33-48)56-41-50(61(45-26-11-3-12-27-45)46-28-13-4-14-29-46)40-55-58(56)59(52)57-51-34-20-19-21-42(51)35-38-53(57)62(55)47-30-15-5-16-31-47/h1-41H. The van der Waals surface area contributed by atoms with Crippen LogP contribution in [-0.2, 0) is 0 Å². The maximum atomic E-state index is 2.51. The van der Waals surface area contributed by atoms with Gasteiger partial charge >= 0.3 is 0 Å². The molecule has 10 aromatic rings. The first-order valence-corrected chi connectivity index (χ1v) is 21.6. The summed E-state index contributed by atoms with van der Waals surface area (Å²) in [5.74, 6) is 0. The van der Waals surface area contributed by atoms with Gasteiger partial charge in [0.2, 0.25) is 0 Å². The van der Waals surface area contributed by atoms with Gasteiger partial charge in [-0.05, 0) is 130 Å². The summed E-state index contributed by atoms with van der Waals surface area (Å²) in [6.45, 7) is -0.0714. The van der Waals surface area contributed by atoms with Crippen molar-refractivity contribution < 1.29 is 0 Å². The molecule has 63 heavy (non-hydrogen) atoms. The van der Waals surface area contributed by atoms with E-state index in [1.807, 2.05) is 0 Å². The van der Waals surface area contributed by atoms with Crippen molar-refractivity contribution >= 4 is 102 Å². The lowest BCUT2D eigenvalue weighted by Gasteiger charge is -2.45. The quantitative estimate of drug-likeness (QED) is 0.142. The summed E-state index contributed by atoms with van der Waals surface area (Å²) in [7, 11) is 0. The summed E-state index contributed by atoms with van der Waals surface area (Å²) in [6, 6.07) is 90.2. The van der Waals surface area contributed by atoms with Gasteiger partial charge in [0.25, 0.3) is 6.71 Å². The third-order valence-electron chi connectivity index (χ3n) is 12.5. The van der Waals surface area contributed by atoms with E-state index in [4.69, 9.17) is 0 Å². The van der Waals surface area contributed by atoms with E-state index >= 15 is 0 Å². The van der Waals surface area contributed by atoms with Crippen LogP contribution in [0.25, 0.3) is 10.8 Å². The van der Waals surface area contributed by atoms with Crippen LogP contribution < -0.4 is 36.0 Å². The van der Waals surface area contributed by atoms with E-state index in [9.17, 15) is 0 Å². The number of nitrogens with zero attached hydrogens (tertiary/aromatic N) is 4. The molecule has 0 amide bonds. The number of fused-ring (bicyclic) bond motifs is 6. The summed E-state index contributed by atoms with van der Waals surface area (Å²) in [5.41, 5.74) is 17.2. The Kier molecular flexibility index (Phi) is 8.89. The molecule has 296 valence electrons.